The molecular weight excluding hydrogens is 282 g/mol. The van der Waals surface area contributed by atoms with Crippen molar-refractivity contribution in [3.63, 3.8) is 0 Å². The minimum absolute atomic E-state index is 0.984. The first-order valence-electron chi connectivity index (χ1n) is 5.29. The van der Waals surface area contributed by atoms with Crippen LogP contribution in [0.2, 0.25) is 0 Å². The fourth-order valence-electron chi connectivity index (χ4n) is 1.57. The van der Waals surface area contributed by atoms with Crippen LogP contribution < -0.4 is 5.32 Å². The molecule has 2 rings (SSSR count). The van der Waals surface area contributed by atoms with Gasteiger partial charge < -0.3 is 5.32 Å². The van der Waals surface area contributed by atoms with Crippen molar-refractivity contribution in [1.82, 2.24) is 0 Å². The summed E-state index contributed by atoms with van der Waals surface area (Å²) in [6.07, 6.45) is 1.09. The van der Waals surface area contributed by atoms with Crippen molar-refractivity contribution in [2.24, 2.45) is 0 Å². The Hall–Kier alpha value is -0.800. The van der Waals surface area contributed by atoms with Gasteiger partial charge in [-0.1, -0.05) is 28.1 Å². The molecule has 0 amide bonds. The Bertz CT molecular complexity index is 451. The van der Waals surface area contributed by atoms with E-state index in [1.54, 1.807) is 0 Å². The molecule has 0 saturated heterocycles. The molecule has 0 fully saturated rings. The summed E-state index contributed by atoms with van der Waals surface area (Å²) in [5, 5.41) is 5.59. The van der Waals surface area contributed by atoms with Gasteiger partial charge in [0.2, 0.25) is 0 Å². The zero-order valence-corrected chi connectivity index (χ0v) is 11.6. The maximum absolute atomic E-state index is 3.54. The Morgan fingerprint density at radius 1 is 1.25 bits per heavy atom. The highest BCUT2D eigenvalue weighted by Crippen LogP contribution is 2.23. The van der Waals surface area contributed by atoms with Gasteiger partial charge in [-0.3, -0.25) is 0 Å². The van der Waals surface area contributed by atoms with Crippen LogP contribution in [-0.4, -0.2) is 6.54 Å². The van der Waals surface area contributed by atoms with Gasteiger partial charge in [0.05, 0.1) is 0 Å². The number of halogens is 1. The minimum Gasteiger partial charge on any atom is -0.384 e. The van der Waals surface area contributed by atoms with E-state index in [1.165, 1.54) is 16.1 Å². The summed E-state index contributed by atoms with van der Waals surface area (Å²) in [7, 11) is 0. The van der Waals surface area contributed by atoms with Crippen molar-refractivity contribution >= 4 is 33.0 Å². The van der Waals surface area contributed by atoms with E-state index in [-0.39, 0.29) is 0 Å². The summed E-state index contributed by atoms with van der Waals surface area (Å²) in [4.78, 5) is 1.43. The van der Waals surface area contributed by atoms with Gasteiger partial charge in [-0.15, -0.1) is 11.3 Å². The monoisotopic (exact) mass is 295 g/mol. The van der Waals surface area contributed by atoms with Crippen LogP contribution in [0.25, 0.3) is 0 Å². The molecule has 0 aliphatic rings. The topological polar surface area (TPSA) is 12.0 Å². The van der Waals surface area contributed by atoms with Crippen LogP contribution in [0.3, 0.4) is 0 Å². The highest BCUT2D eigenvalue weighted by atomic mass is 79.9. The normalized spacial score (nSPS) is 10.4. The molecule has 0 aliphatic heterocycles. The predicted molar refractivity (Wildman–Crippen MR) is 75.4 cm³/mol. The first kappa shape index (κ1) is 11.7. The Kier molecular flexibility index (Phi) is 4.02. The smallest absolute Gasteiger partial charge is 0.0381 e. The molecule has 0 saturated carbocycles. The minimum atomic E-state index is 0.984. The number of anilines is 1. The Morgan fingerprint density at radius 2 is 2.12 bits per heavy atom. The molecule has 0 radical (unpaired) electrons. The number of thiophene rings is 1. The van der Waals surface area contributed by atoms with Crippen molar-refractivity contribution in [3.8, 4) is 0 Å². The first-order chi connectivity index (χ1) is 7.77. The van der Waals surface area contributed by atoms with Crippen LogP contribution >= 0.6 is 27.3 Å². The number of hydrogen-bond acceptors (Lipinski definition) is 2. The van der Waals surface area contributed by atoms with Gasteiger partial charge in [-0.05, 0) is 42.5 Å². The van der Waals surface area contributed by atoms with Crippen LogP contribution in [-0.2, 0) is 6.42 Å². The summed E-state index contributed by atoms with van der Waals surface area (Å²) in [6, 6.07) is 10.5. The average molecular weight is 296 g/mol. The molecule has 1 N–H and O–H groups in total. The molecule has 0 bridgehead atoms. The van der Waals surface area contributed by atoms with Crippen LogP contribution in [0.1, 0.15) is 10.4 Å². The van der Waals surface area contributed by atoms with Gasteiger partial charge in [-0.2, -0.15) is 0 Å². The van der Waals surface area contributed by atoms with Crippen LogP contribution in [0, 0.1) is 6.92 Å². The lowest BCUT2D eigenvalue weighted by Crippen LogP contribution is -2.05. The van der Waals surface area contributed by atoms with Gasteiger partial charge in [0.25, 0.3) is 0 Å². The zero-order chi connectivity index (χ0) is 11.4. The summed E-state index contributed by atoms with van der Waals surface area (Å²) >= 11 is 5.35. The van der Waals surface area contributed by atoms with Crippen molar-refractivity contribution in [2.45, 2.75) is 13.3 Å². The molecule has 0 spiro atoms. The van der Waals surface area contributed by atoms with Gasteiger partial charge in [0, 0.05) is 21.6 Å². The maximum atomic E-state index is 3.54. The number of hydrogen-bond donors (Lipinski definition) is 1. The third-order valence-corrected chi connectivity index (χ3v) is 4.33. The lowest BCUT2D eigenvalue weighted by molar-refractivity contribution is 1.04. The SMILES string of the molecule is Cc1c(Br)cccc1NCCc1cccs1. The second-order valence-electron chi connectivity index (χ2n) is 3.67. The second-order valence-corrected chi connectivity index (χ2v) is 5.56. The molecule has 0 aliphatic carbocycles. The standard InChI is InChI=1S/C13H14BrNS/c1-10-12(14)5-2-6-13(10)15-8-7-11-4-3-9-16-11/h2-6,9,15H,7-8H2,1H3. The van der Waals surface area contributed by atoms with Crippen LogP contribution in [0.5, 0.6) is 0 Å². The Balaban J connectivity index is 1.92. The largest absolute Gasteiger partial charge is 0.384 e. The molecule has 84 valence electrons. The lowest BCUT2D eigenvalue weighted by Gasteiger charge is -2.09. The fraction of sp³-hybridized carbons (Fsp3) is 0.231. The van der Waals surface area contributed by atoms with E-state index in [1.807, 2.05) is 11.3 Å². The summed E-state index contributed by atoms with van der Waals surface area (Å²) in [5.41, 5.74) is 2.49. The van der Waals surface area contributed by atoms with Crippen molar-refractivity contribution < 1.29 is 0 Å². The van der Waals surface area contributed by atoms with E-state index in [9.17, 15) is 0 Å². The van der Waals surface area contributed by atoms with Gasteiger partial charge >= 0.3 is 0 Å². The first-order valence-corrected chi connectivity index (χ1v) is 6.96. The molecule has 16 heavy (non-hydrogen) atoms. The molecule has 0 atom stereocenters. The van der Waals surface area contributed by atoms with Crippen molar-refractivity contribution in [1.29, 1.82) is 0 Å². The lowest BCUT2D eigenvalue weighted by atomic mass is 10.2. The Morgan fingerprint density at radius 3 is 2.88 bits per heavy atom. The molecule has 1 aromatic heterocycles. The maximum Gasteiger partial charge on any atom is 0.0381 e. The van der Waals surface area contributed by atoms with Crippen molar-refractivity contribution in [3.05, 3.63) is 50.6 Å². The average Bonchev–Trinajstić information content (AvgIpc) is 2.77. The third kappa shape index (κ3) is 2.86. The molecular formula is C13H14BrNS. The van der Waals surface area contributed by atoms with E-state index >= 15 is 0 Å². The highest BCUT2D eigenvalue weighted by Gasteiger charge is 2.00. The van der Waals surface area contributed by atoms with Gasteiger partial charge in [0.15, 0.2) is 0 Å². The molecule has 1 aromatic carbocycles. The van der Waals surface area contributed by atoms with E-state index in [2.05, 4.69) is 63.9 Å². The third-order valence-electron chi connectivity index (χ3n) is 2.53. The van der Waals surface area contributed by atoms with E-state index in [4.69, 9.17) is 0 Å². The van der Waals surface area contributed by atoms with E-state index < -0.39 is 0 Å². The van der Waals surface area contributed by atoms with Gasteiger partial charge in [-0.25, -0.2) is 0 Å². The quantitative estimate of drug-likeness (QED) is 0.877. The number of benzene rings is 1. The highest BCUT2D eigenvalue weighted by molar-refractivity contribution is 9.10. The Labute approximate surface area is 109 Å². The summed E-state index contributed by atoms with van der Waals surface area (Å²) < 4.78 is 1.16. The summed E-state index contributed by atoms with van der Waals surface area (Å²) in [5.74, 6) is 0. The van der Waals surface area contributed by atoms with Crippen LogP contribution in [0.4, 0.5) is 5.69 Å². The van der Waals surface area contributed by atoms with E-state index in [0.717, 1.165) is 17.4 Å². The van der Waals surface area contributed by atoms with Crippen LogP contribution in [0.15, 0.2) is 40.2 Å². The molecule has 0 unspecified atom stereocenters. The molecule has 1 nitrogen and oxygen atoms in total. The van der Waals surface area contributed by atoms with E-state index in [0.29, 0.717) is 0 Å². The molecule has 3 heteroatoms. The number of nitrogens with one attached hydrogen (secondary N) is 1. The van der Waals surface area contributed by atoms with Gasteiger partial charge in [0.1, 0.15) is 0 Å². The van der Waals surface area contributed by atoms with Crippen molar-refractivity contribution in [2.75, 3.05) is 11.9 Å². The predicted octanol–water partition coefficient (Wildman–Crippen LogP) is 4.47. The summed E-state index contributed by atoms with van der Waals surface area (Å²) in [6.45, 7) is 3.11. The fourth-order valence-corrected chi connectivity index (χ4v) is 2.65. The molecule has 2 aromatic rings. The zero-order valence-electron chi connectivity index (χ0n) is 9.16. The second kappa shape index (κ2) is 5.51. The number of rotatable bonds is 4. The molecule has 1 heterocycles.